The molecule has 14 nitrogen and oxygen atoms in total. The fourth-order valence-electron chi connectivity index (χ4n) is 10.2. The Bertz CT molecular complexity index is 3750. The van der Waals surface area contributed by atoms with Gasteiger partial charge in [-0.05, 0) is 109 Å². The minimum Gasteiger partial charge on any atom is -0.375 e. The van der Waals surface area contributed by atoms with Crippen LogP contribution in [0.15, 0.2) is 241 Å². The Kier molecular flexibility index (Phi) is 27.8. The maximum absolute atomic E-state index is 13.2. The molecule has 0 fully saturated rings. The number of amides is 2. The number of nitrogen functional groups attached to an aromatic ring is 1. The van der Waals surface area contributed by atoms with E-state index in [1.165, 1.54) is 62.5 Å². The minimum absolute atomic E-state index is 0.166. The van der Waals surface area contributed by atoms with Gasteiger partial charge in [0.05, 0.1) is 23.9 Å². The lowest BCUT2D eigenvalue weighted by molar-refractivity contribution is 0.210. The third kappa shape index (κ3) is 23.5. The Hall–Kier alpha value is -8.49. The van der Waals surface area contributed by atoms with Gasteiger partial charge in [0.15, 0.2) is 10.3 Å². The van der Waals surface area contributed by atoms with Crippen LogP contribution < -0.4 is 31.5 Å². The Labute approximate surface area is 541 Å². The van der Waals surface area contributed by atoms with Crippen molar-refractivity contribution in [3.05, 3.63) is 275 Å². The van der Waals surface area contributed by atoms with E-state index in [1.807, 2.05) is 39.9 Å². The predicted molar refractivity (Wildman–Crippen MR) is 378 cm³/mol. The fourth-order valence-corrected chi connectivity index (χ4v) is 12.6. The van der Waals surface area contributed by atoms with E-state index in [0.717, 1.165) is 68.1 Å². The fraction of sp³-hybridized carbons (Fsp3) is 0.236. The summed E-state index contributed by atoms with van der Waals surface area (Å²) in [6.45, 7) is 8.43. The van der Waals surface area contributed by atoms with Gasteiger partial charge in [-0.2, -0.15) is 0 Å². The number of hydrogen-bond donors (Lipinski definition) is 6. The number of sulfonamides is 2. The summed E-state index contributed by atoms with van der Waals surface area (Å²) in [5, 5.41) is 11.2. The van der Waals surface area contributed by atoms with Crippen LogP contribution in [0.1, 0.15) is 97.1 Å². The van der Waals surface area contributed by atoms with Crippen LogP contribution in [-0.2, 0) is 20.0 Å². The summed E-state index contributed by atoms with van der Waals surface area (Å²) < 4.78 is 49.7. The second kappa shape index (κ2) is 36.2. The second-order valence-corrected chi connectivity index (χ2v) is 26.7. The van der Waals surface area contributed by atoms with Gasteiger partial charge < -0.3 is 21.7 Å². The summed E-state index contributed by atoms with van der Waals surface area (Å²) in [6.07, 6.45) is 7.22. The van der Waals surface area contributed by atoms with Crippen LogP contribution in [0, 0.1) is 0 Å². The van der Waals surface area contributed by atoms with Crippen molar-refractivity contribution in [2.75, 3.05) is 65.7 Å². The molecular formula is C72H83N9O5S4. The molecule has 0 radical (unpaired) electrons. The molecule has 10 aromatic rings. The number of hydrogen-bond acceptors (Lipinski definition) is 12. The van der Waals surface area contributed by atoms with Gasteiger partial charge in [-0.15, -0.1) is 22.7 Å². The van der Waals surface area contributed by atoms with E-state index in [4.69, 9.17) is 11.5 Å². The number of carbonyl (C=O) groups excluding carboxylic acids is 1. The van der Waals surface area contributed by atoms with Crippen LogP contribution in [-0.4, -0.2) is 83.0 Å². The van der Waals surface area contributed by atoms with Crippen molar-refractivity contribution in [1.29, 1.82) is 0 Å². The lowest BCUT2D eigenvalue weighted by Gasteiger charge is -2.25. The highest BCUT2D eigenvalue weighted by molar-refractivity contribution is 7.92. The first-order valence-corrected chi connectivity index (χ1v) is 35.7. The first kappa shape index (κ1) is 69.0. The van der Waals surface area contributed by atoms with E-state index >= 15 is 0 Å². The smallest absolute Gasteiger partial charge is 0.323 e. The van der Waals surface area contributed by atoms with Crippen LogP contribution >= 0.6 is 22.7 Å². The number of nitrogens with two attached hydrogens (primary N) is 2. The zero-order chi connectivity index (χ0) is 64.0. The number of carbonyl (C=O) groups is 1. The molecule has 0 spiro atoms. The summed E-state index contributed by atoms with van der Waals surface area (Å²) >= 11 is 2.73. The Balaban J connectivity index is 0.000000186. The molecule has 18 heteroatoms. The third-order valence-electron chi connectivity index (χ3n) is 14.4. The molecule has 0 aliphatic carbocycles. The van der Waals surface area contributed by atoms with Crippen LogP contribution in [0.25, 0.3) is 22.5 Å². The van der Waals surface area contributed by atoms with E-state index in [0.29, 0.717) is 58.8 Å². The maximum atomic E-state index is 13.2. The molecule has 0 aliphatic rings. The zero-order valence-electron chi connectivity index (χ0n) is 51.6. The average Bonchev–Trinajstić information content (AvgIpc) is 3.60. The molecule has 0 atom stereocenters. The van der Waals surface area contributed by atoms with Crippen molar-refractivity contribution in [2.24, 2.45) is 5.73 Å². The SMILES string of the molecule is CCCN(CCC(c1ccccc1)c1ccccc1)C(=O)Nc1nc(-c2ccc(NS(C)(=O)=O)cc2)cs1.CCCNCCC(c1ccccc1)c1ccccc1.CS(=O)(=O)Nc1ccc(-c2csc(N)n2)cc1.NCCC(c1ccccc1)c1ccccc1. The van der Waals surface area contributed by atoms with E-state index in [9.17, 15) is 21.6 Å². The van der Waals surface area contributed by atoms with Crippen LogP contribution in [0.2, 0.25) is 0 Å². The van der Waals surface area contributed by atoms with Gasteiger partial charge in [0.1, 0.15) is 0 Å². The lowest BCUT2D eigenvalue weighted by Crippen LogP contribution is -2.37. The quantitative estimate of drug-likeness (QED) is 0.0298. The first-order valence-electron chi connectivity index (χ1n) is 30.2. The molecule has 8 aromatic carbocycles. The molecule has 2 aromatic heterocycles. The third-order valence-corrected chi connectivity index (χ3v) is 17.0. The molecule has 10 rings (SSSR count). The van der Waals surface area contributed by atoms with E-state index in [-0.39, 0.29) is 11.9 Å². The summed E-state index contributed by atoms with van der Waals surface area (Å²) in [6, 6.07) is 77.3. The van der Waals surface area contributed by atoms with Crippen LogP contribution in [0.5, 0.6) is 0 Å². The van der Waals surface area contributed by atoms with Crippen molar-refractivity contribution < 1.29 is 21.6 Å². The number of anilines is 4. The molecule has 2 amide bonds. The highest BCUT2D eigenvalue weighted by Gasteiger charge is 2.21. The van der Waals surface area contributed by atoms with E-state index < -0.39 is 20.0 Å². The number of aromatic nitrogens is 2. The highest BCUT2D eigenvalue weighted by atomic mass is 32.2. The highest BCUT2D eigenvalue weighted by Crippen LogP contribution is 2.32. The number of thiazole rings is 2. The van der Waals surface area contributed by atoms with Gasteiger partial charge in [0.2, 0.25) is 20.0 Å². The van der Waals surface area contributed by atoms with Crippen molar-refractivity contribution in [3.63, 3.8) is 0 Å². The Morgan fingerprint density at radius 3 is 1.18 bits per heavy atom. The molecule has 8 N–H and O–H groups in total. The Morgan fingerprint density at radius 2 is 0.833 bits per heavy atom. The van der Waals surface area contributed by atoms with E-state index in [2.05, 4.69) is 202 Å². The zero-order valence-corrected chi connectivity index (χ0v) is 54.8. The van der Waals surface area contributed by atoms with Gasteiger partial charge in [0, 0.05) is 64.1 Å². The largest absolute Gasteiger partial charge is 0.375 e. The predicted octanol–water partition coefficient (Wildman–Crippen LogP) is 15.8. The van der Waals surface area contributed by atoms with Crippen molar-refractivity contribution in [1.82, 2.24) is 20.2 Å². The molecule has 0 bridgehead atoms. The molecule has 0 saturated heterocycles. The second-order valence-electron chi connectivity index (χ2n) is 21.5. The van der Waals surface area contributed by atoms with Gasteiger partial charge in [-0.25, -0.2) is 31.6 Å². The standard InChI is InChI=1S/C29H32N4O3S2.C18H23N.C15H17N.C10H11N3O2S2/c1-3-19-33(20-18-26(22-10-6-4-7-11-22)23-12-8-5-9-13-23)29(34)31-28-30-27(21-37-28)24-14-16-25(17-15-24)32-38(2,35)36;1-2-14-19-15-13-18(16-9-5-3-6-10-16)17-11-7-4-8-12-17;16-12-11-15(13-7-3-1-4-8-13)14-9-5-2-6-10-14;1-17(14,15)13-8-4-2-7(3-5-8)9-6-16-10(11)12-9/h4-17,21,26,32H,3,18-20H2,1-2H3,(H,30,31,34);3-12,18-19H,2,13-15H2,1H3;1-10,15H,11-12,16H2;2-6,13H,1H3,(H2,11,12). The Morgan fingerprint density at radius 1 is 0.467 bits per heavy atom. The summed E-state index contributed by atoms with van der Waals surface area (Å²) in [5.74, 6) is 1.11. The molecular weight excluding hydrogens is 1200 g/mol. The monoisotopic (exact) mass is 1280 g/mol. The minimum atomic E-state index is -3.33. The number of nitrogens with one attached hydrogen (secondary N) is 4. The normalized spacial score (nSPS) is 11.1. The molecule has 0 unspecified atom stereocenters. The summed E-state index contributed by atoms with van der Waals surface area (Å²) in [5.41, 5.74) is 23.5. The molecule has 470 valence electrons. The number of benzene rings is 8. The molecule has 2 heterocycles. The van der Waals surface area contributed by atoms with Gasteiger partial charge >= 0.3 is 6.03 Å². The number of urea groups is 1. The van der Waals surface area contributed by atoms with Gasteiger partial charge in [0.25, 0.3) is 0 Å². The van der Waals surface area contributed by atoms with Crippen molar-refractivity contribution in [3.8, 4) is 22.5 Å². The van der Waals surface area contributed by atoms with Crippen LogP contribution in [0.3, 0.4) is 0 Å². The van der Waals surface area contributed by atoms with Crippen molar-refractivity contribution >= 4 is 70.4 Å². The van der Waals surface area contributed by atoms with E-state index in [1.54, 1.807) is 48.5 Å². The summed E-state index contributed by atoms with van der Waals surface area (Å²) in [4.78, 5) is 23.8. The van der Waals surface area contributed by atoms with Crippen molar-refractivity contribution in [2.45, 2.75) is 63.7 Å². The average molecular weight is 1280 g/mol. The van der Waals surface area contributed by atoms with Gasteiger partial charge in [-0.1, -0.05) is 220 Å². The summed E-state index contributed by atoms with van der Waals surface area (Å²) in [7, 11) is -6.57. The molecule has 90 heavy (non-hydrogen) atoms. The lowest BCUT2D eigenvalue weighted by atomic mass is 9.88. The number of rotatable bonds is 25. The number of nitrogens with zero attached hydrogens (tertiary/aromatic N) is 3. The maximum Gasteiger partial charge on any atom is 0.323 e. The van der Waals surface area contributed by atoms with Gasteiger partial charge in [-0.3, -0.25) is 14.8 Å². The molecule has 0 aliphatic heterocycles. The molecule has 0 saturated carbocycles. The topological polar surface area (TPSA) is 215 Å². The van der Waals surface area contributed by atoms with Crippen LogP contribution in [0.4, 0.5) is 26.4 Å². The first-order chi connectivity index (χ1) is 43.6.